The van der Waals surface area contributed by atoms with Crippen LogP contribution in [0.4, 0.5) is 0 Å². The van der Waals surface area contributed by atoms with E-state index in [9.17, 15) is 14.7 Å². The van der Waals surface area contributed by atoms with Crippen molar-refractivity contribution < 1.29 is 24.2 Å². The van der Waals surface area contributed by atoms with Gasteiger partial charge in [0.05, 0.1) is 29.1 Å². The third-order valence-corrected chi connectivity index (χ3v) is 7.49. The molecule has 9 heteroatoms. The van der Waals surface area contributed by atoms with Crippen molar-refractivity contribution >= 4 is 23.5 Å². The van der Waals surface area contributed by atoms with E-state index in [4.69, 9.17) is 26.2 Å². The van der Waals surface area contributed by atoms with Gasteiger partial charge in [0.15, 0.2) is 5.75 Å². The summed E-state index contributed by atoms with van der Waals surface area (Å²) in [6, 6.07) is 3.28. The molecule has 1 spiro atoms. The van der Waals surface area contributed by atoms with Gasteiger partial charge in [0, 0.05) is 26.3 Å². The number of nitrogens with zero attached hydrogens (tertiary/aromatic N) is 2. The number of aryl methyl sites for hydroxylation is 1. The van der Waals surface area contributed by atoms with Gasteiger partial charge in [-0.25, -0.2) is 4.79 Å². The molecule has 0 bridgehead atoms. The first-order valence-electron chi connectivity index (χ1n) is 11.8. The van der Waals surface area contributed by atoms with E-state index >= 15 is 0 Å². The molecule has 1 aromatic carbocycles. The van der Waals surface area contributed by atoms with Crippen LogP contribution in [-0.4, -0.2) is 53.6 Å². The minimum Gasteiger partial charge on any atom is -0.494 e. The molecule has 2 aromatic rings. The first-order valence-corrected chi connectivity index (χ1v) is 12.2. The molecular weight excluding hydrogens is 458 g/mol. The largest absolute Gasteiger partial charge is 0.494 e. The number of hydrogen-bond acceptors (Lipinski definition) is 5. The summed E-state index contributed by atoms with van der Waals surface area (Å²) in [4.78, 5) is 24.5. The van der Waals surface area contributed by atoms with Gasteiger partial charge in [0.2, 0.25) is 0 Å². The highest BCUT2D eigenvalue weighted by Gasteiger charge is 2.39. The second kappa shape index (κ2) is 9.96. The summed E-state index contributed by atoms with van der Waals surface area (Å²) >= 11 is 6.51. The molecule has 1 fully saturated rings. The van der Waals surface area contributed by atoms with Gasteiger partial charge in [0.1, 0.15) is 5.56 Å². The van der Waals surface area contributed by atoms with E-state index in [0.717, 1.165) is 41.8 Å². The number of carboxylic acid groups (broad SMARTS) is 1. The highest BCUT2D eigenvalue weighted by atomic mass is 35.5. The van der Waals surface area contributed by atoms with Crippen molar-refractivity contribution in [2.75, 3.05) is 26.9 Å². The Bertz CT molecular complexity index is 1090. The molecule has 0 aliphatic carbocycles. The number of aromatic nitrogens is 2. The minimum atomic E-state index is -1.08. The molecule has 4 rings (SSSR count). The summed E-state index contributed by atoms with van der Waals surface area (Å²) in [5.41, 5.74) is 3.42. The first kappa shape index (κ1) is 24.5. The number of carboxylic acids is 1. The van der Waals surface area contributed by atoms with Crippen LogP contribution in [0.5, 0.6) is 5.75 Å². The topological polar surface area (TPSA) is 103 Å². The molecule has 0 radical (unpaired) electrons. The monoisotopic (exact) mass is 489 g/mol. The fourth-order valence-electron chi connectivity index (χ4n) is 5.18. The highest BCUT2D eigenvalue weighted by Crippen LogP contribution is 2.38. The van der Waals surface area contributed by atoms with Crippen molar-refractivity contribution in [2.24, 2.45) is 11.3 Å². The number of carbonyl (C=O) groups is 2. The summed E-state index contributed by atoms with van der Waals surface area (Å²) in [7, 11) is 1.42. The van der Waals surface area contributed by atoms with Gasteiger partial charge in [-0.2, -0.15) is 5.10 Å². The fourth-order valence-corrected chi connectivity index (χ4v) is 5.50. The van der Waals surface area contributed by atoms with Crippen LogP contribution in [-0.2, 0) is 30.5 Å². The molecule has 1 amide bonds. The normalized spacial score (nSPS) is 18.2. The highest BCUT2D eigenvalue weighted by molar-refractivity contribution is 6.33. The lowest BCUT2D eigenvalue weighted by atomic mass is 9.76. The number of aromatic carboxylic acids is 1. The third kappa shape index (κ3) is 4.66. The first-order chi connectivity index (χ1) is 16.3. The molecule has 0 saturated carbocycles. The lowest BCUT2D eigenvalue weighted by molar-refractivity contribution is 0.0152. The van der Waals surface area contributed by atoms with Gasteiger partial charge >= 0.3 is 5.97 Å². The zero-order chi connectivity index (χ0) is 24.5. The van der Waals surface area contributed by atoms with E-state index in [0.29, 0.717) is 44.2 Å². The molecule has 184 valence electrons. The summed E-state index contributed by atoms with van der Waals surface area (Å²) in [6.07, 6.45) is 3.94. The smallest absolute Gasteiger partial charge is 0.339 e. The maximum absolute atomic E-state index is 13.0. The summed E-state index contributed by atoms with van der Waals surface area (Å²) in [5, 5.41) is 17.7. The van der Waals surface area contributed by atoms with Gasteiger partial charge < -0.3 is 19.9 Å². The minimum absolute atomic E-state index is 0.00543. The van der Waals surface area contributed by atoms with Gasteiger partial charge in [-0.3, -0.25) is 9.48 Å². The van der Waals surface area contributed by atoms with Crippen LogP contribution in [0.1, 0.15) is 64.4 Å². The van der Waals surface area contributed by atoms with Crippen molar-refractivity contribution in [3.63, 3.8) is 0 Å². The Labute approximate surface area is 204 Å². The van der Waals surface area contributed by atoms with Crippen molar-refractivity contribution in [2.45, 2.75) is 52.5 Å². The van der Waals surface area contributed by atoms with Crippen molar-refractivity contribution in [3.05, 3.63) is 45.2 Å². The Morgan fingerprint density at radius 1 is 1.38 bits per heavy atom. The number of ether oxygens (including phenoxy) is 2. The third-order valence-electron chi connectivity index (χ3n) is 7.08. The average Bonchev–Trinajstić information content (AvgIpc) is 3.08. The van der Waals surface area contributed by atoms with E-state index in [1.54, 1.807) is 6.07 Å². The van der Waals surface area contributed by atoms with E-state index in [1.165, 1.54) is 13.2 Å². The Balaban J connectivity index is 1.61. The van der Waals surface area contributed by atoms with Crippen LogP contribution >= 0.6 is 11.6 Å². The number of carbonyl (C=O) groups excluding carboxylic acids is 1. The second-order valence-electron chi connectivity index (χ2n) is 9.51. The van der Waals surface area contributed by atoms with Gasteiger partial charge in [-0.05, 0) is 55.1 Å². The molecule has 2 aliphatic heterocycles. The second-order valence-corrected chi connectivity index (χ2v) is 9.89. The number of halogens is 1. The quantitative estimate of drug-likeness (QED) is 0.613. The zero-order valence-corrected chi connectivity index (χ0v) is 20.7. The molecule has 1 saturated heterocycles. The Kier molecular flexibility index (Phi) is 7.19. The predicted octanol–water partition coefficient (Wildman–Crippen LogP) is 3.77. The van der Waals surface area contributed by atoms with Gasteiger partial charge in [-0.1, -0.05) is 31.5 Å². The van der Waals surface area contributed by atoms with Crippen LogP contribution < -0.4 is 10.1 Å². The molecule has 2 N–H and O–H groups in total. The number of amides is 1. The molecular formula is C25H32ClN3O5. The van der Waals surface area contributed by atoms with Crippen LogP contribution in [0.25, 0.3) is 0 Å². The van der Waals surface area contributed by atoms with Crippen molar-refractivity contribution in [3.8, 4) is 5.75 Å². The molecule has 8 nitrogen and oxygen atoms in total. The van der Waals surface area contributed by atoms with E-state index < -0.39 is 5.97 Å². The molecule has 3 heterocycles. The number of rotatable bonds is 7. The van der Waals surface area contributed by atoms with Gasteiger partial charge in [-0.15, -0.1) is 0 Å². The van der Waals surface area contributed by atoms with Crippen molar-refractivity contribution in [1.82, 2.24) is 15.1 Å². The molecule has 0 unspecified atom stereocenters. The Morgan fingerprint density at radius 2 is 2.12 bits per heavy atom. The maximum Gasteiger partial charge on any atom is 0.339 e. The van der Waals surface area contributed by atoms with Gasteiger partial charge in [0.25, 0.3) is 5.91 Å². The van der Waals surface area contributed by atoms with Crippen molar-refractivity contribution in [1.29, 1.82) is 0 Å². The molecule has 2 aliphatic rings. The Hall–Kier alpha value is -2.58. The molecule has 1 aromatic heterocycles. The lowest BCUT2D eigenvalue weighted by Gasteiger charge is -2.36. The Morgan fingerprint density at radius 3 is 2.76 bits per heavy atom. The fraction of sp³-hybridized carbons (Fsp3) is 0.560. The van der Waals surface area contributed by atoms with E-state index in [2.05, 4.69) is 12.2 Å². The number of benzene rings is 1. The van der Waals surface area contributed by atoms with Crippen LogP contribution in [0.15, 0.2) is 12.1 Å². The lowest BCUT2D eigenvalue weighted by Crippen LogP contribution is -2.40. The van der Waals surface area contributed by atoms with Crippen LogP contribution in [0.2, 0.25) is 5.02 Å². The van der Waals surface area contributed by atoms with E-state index in [1.807, 2.05) is 11.6 Å². The average molecular weight is 490 g/mol. The predicted molar refractivity (Wildman–Crippen MR) is 128 cm³/mol. The number of methoxy groups -OCH3 is 1. The number of nitrogens with one attached hydrogen (secondary N) is 1. The summed E-state index contributed by atoms with van der Waals surface area (Å²) in [6.45, 7) is 6.84. The number of hydrogen-bond donors (Lipinski definition) is 2. The SMILES string of the molecule is CCc1nn(C[C@H](C)Cc2ccc(C(=O)O)c(OC)c2Cl)c2c1C(=O)NCC1(CCOCC1)C2. The molecule has 1 atom stereocenters. The number of fused-ring (bicyclic) bond motifs is 1. The summed E-state index contributed by atoms with van der Waals surface area (Å²) < 4.78 is 12.9. The maximum atomic E-state index is 13.0. The standard InChI is InChI=1S/C25H32ClN3O5/c1-4-18-20-19(12-25(14-27-23(20)30)7-9-34-10-8-25)29(28-18)13-15(2)11-16-5-6-17(24(31)32)22(33-3)21(16)26/h5-6,15H,4,7-14H2,1-3H3,(H,27,30)(H,31,32)/t15-/m1/s1. The molecule has 34 heavy (non-hydrogen) atoms. The van der Waals surface area contributed by atoms with Crippen LogP contribution in [0, 0.1) is 11.3 Å². The summed E-state index contributed by atoms with van der Waals surface area (Å²) in [5.74, 6) is -0.794. The van der Waals surface area contributed by atoms with E-state index in [-0.39, 0.29) is 28.6 Å². The van der Waals surface area contributed by atoms with Crippen LogP contribution in [0.3, 0.4) is 0 Å². The zero-order valence-electron chi connectivity index (χ0n) is 19.9.